The van der Waals surface area contributed by atoms with Crippen LogP contribution in [0.2, 0.25) is 0 Å². The molecule has 0 aliphatic heterocycles. The second-order valence-corrected chi connectivity index (χ2v) is 5.22. The molecule has 0 fully saturated rings. The second kappa shape index (κ2) is 4.96. The van der Waals surface area contributed by atoms with E-state index < -0.39 is 0 Å². The van der Waals surface area contributed by atoms with Gasteiger partial charge in [-0.25, -0.2) is 0 Å². The topological polar surface area (TPSA) is 35.2 Å². The molecule has 2 nitrogen and oxygen atoms in total. The molecule has 0 spiro atoms. The molecule has 1 atom stereocenters. The third-order valence-corrected chi connectivity index (χ3v) is 3.78. The molecule has 0 saturated heterocycles. The van der Waals surface area contributed by atoms with E-state index in [2.05, 4.69) is 24.3 Å². The molecule has 0 aromatic heterocycles. The third-order valence-electron chi connectivity index (χ3n) is 3.78. The Labute approximate surface area is 114 Å². The van der Waals surface area contributed by atoms with Gasteiger partial charge in [0.05, 0.1) is 0 Å². The largest absolute Gasteiger partial charge is 0.485 e. The Morgan fingerprint density at radius 2 is 2.00 bits per heavy atom. The van der Waals surface area contributed by atoms with Crippen molar-refractivity contribution in [2.45, 2.75) is 32.3 Å². The molecule has 2 heteroatoms. The van der Waals surface area contributed by atoms with Gasteiger partial charge in [-0.1, -0.05) is 24.3 Å². The van der Waals surface area contributed by atoms with Crippen LogP contribution in [0.25, 0.3) is 0 Å². The van der Waals surface area contributed by atoms with Gasteiger partial charge in [-0.2, -0.15) is 0 Å². The molecule has 0 saturated carbocycles. The lowest BCUT2D eigenvalue weighted by molar-refractivity contribution is 0.182. The van der Waals surface area contributed by atoms with E-state index in [0.29, 0.717) is 0 Å². The minimum absolute atomic E-state index is 0.173. The van der Waals surface area contributed by atoms with Crippen LogP contribution < -0.4 is 10.5 Å². The summed E-state index contributed by atoms with van der Waals surface area (Å²) in [5.74, 6) is 0.941. The molecular weight excluding hydrogens is 234 g/mol. The molecule has 3 rings (SSSR count). The highest BCUT2D eigenvalue weighted by Crippen LogP contribution is 2.34. The molecule has 1 unspecified atom stereocenters. The Morgan fingerprint density at radius 3 is 2.84 bits per heavy atom. The maximum atomic E-state index is 6.21. The van der Waals surface area contributed by atoms with E-state index in [-0.39, 0.29) is 6.10 Å². The number of hydrogen-bond acceptors (Lipinski definition) is 2. The van der Waals surface area contributed by atoms with E-state index in [4.69, 9.17) is 10.5 Å². The number of nitrogen functional groups attached to an aromatic ring is 1. The highest BCUT2D eigenvalue weighted by Gasteiger charge is 2.21. The van der Waals surface area contributed by atoms with Crippen LogP contribution in [0.1, 0.15) is 35.6 Å². The van der Waals surface area contributed by atoms with Gasteiger partial charge in [0.2, 0.25) is 0 Å². The summed E-state index contributed by atoms with van der Waals surface area (Å²) in [4.78, 5) is 0. The first-order valence-electron chi connectivity index (χ1n) is 6.84. The van der Waals surface area contributed by atoms with Crippen molar-refractivity contribution in [3.63, 3.8) is 0 Å². The van der Waals surface area contributed by atoms with E-state index in [1.807, 2.05) is 25.1 Å². The summed E-state index contributed by atoms with van der Waals surface area (Å²) in [7, 11) is 0. The Kier molecular flexibility index (Phi) is 3.16. The predicted octanol–water partition coefficient (Wildman–Crippen LogP) is 4.03. The van der Waals surface area contributed by atoms with Crippen molar-refractivity contribution < 1.29 is 4.74 Å². The molecule has 19 heavy (non-hydrogen) atoms. The Balaban J connectivity index is 1.88. The first-order valence-corrected chi connectivity index (χ1v) is 6.84. The van der Waals surface area contributed by atoms with E-state index in [9.17, 15) is 0 Å². The average Bonchev–Trinajstić information content (AvgIpc) is 2.42. The summed E-state index contributed by atoms with van der Waals surface area (Å²) in [5, 5.41) is 0. The lowest BCUT2D eigenvalue weighted by Crippen LogP contribution is -2.15. The summed E-state index contributed by atoms with van der Waals surface area (Å²) in [6, 6.07) is 14.4. The number of nitrogens with two attached hydrogens (primary N) is 1. The molecule has 0 radical (unpaired) electrons. The van der Waals surface area contributed by atoms with Crippen LogP contribution in [-0.4, -0.2) is 0 Å². The van der Waals surface area contributed by atoms with Gasteiger partial charge in [0, 0.05) is 5.69 Å². The number of hydrogen-bond donors (Lipinski definition) is 1. The second-order valence-electron chi connectivity index (χ2n) is 5.22. The fourth-order valence-corrected chi connectivity index (χ4v) is 2.79. The maximum Gasteiger partial charge on any atom is 0.124 e. The molecule has 98 valence electrons. The number of anilines is 1. The molecule has 1 aliphatic carbocycles. The van der Waals surface area contributed by atoms with Crippen molar-refractivity contribution in [3.8, 4) is 5.75 Å². The van der Waals surface area contributed by atoms with Gasteiger partial charge in [0.15, 0.2) is 0 Å². The maximum absolute atomic E-state index is 6.21. The van der Waals surface area contributed by atoms with Crippen LogP contribution in [0.15, 0.2) is 42.5 Å². The van der Waals surface area contributed by atoms with E-state index in [1.54, 1.807) is 0 Å². The lowest BCUT2D eigenvalue weighted by Gasteiger charge is -2.27. The van der Waals surface area contributed by atoms with Gasteiger partial charge < -0.3 is 10.5 Å². The van der Waals surface area contributed by atoms with Gasteiger partial charge in [-0.15, -0.1) is 0 Å². The standard InChI is InChI=1S/C17H19NO/c1-12-11-14(18)9-10-16(12)19-17-8-4-6-13-5-2-3-7-15(13)17/h2-3,5,7,9-11,17H,4,6,8,18H2,1H3. The average molecular weight is 253 g/mol. The Hall–Kier alpha value is -1.96. The van der Waals surface area contributed by atoms with Crippen molar-refractivity contribution in [2.24, 2.45) is 0 Å². The molecule has 2 aromatic rings. The van der Waals surface area contributed by atoms with Crippen molar-refractivity contribution in [3.05, 3.63) is 59.2 Å². The van der Waals surface area contributed by atoms with Crippen LogP contribution in [0.3, 0.4) is 0 Å². The van der Waals surface area contributed by atoms with Crippen LogP contribution in [0.4, 0.5) is 5.69 Å². The quantitative estimate of drug-likeness (QED) is 0.820. The molecule has 2 aromatic carbocycles. The van der Waals surface area contributed by atoms with Crippen LogP contribution >= 0.6 is 0 Å². The van der Waals surface area contributed by atoms with E-state index in [0.717, 1.165) is 29.8 Å². The van der Waals surface area contributed by atoms with E-state index in [1.165, 1.54) is 17.5 Å². The van der Waals surface area contributed by atoms with Gasteiger partial charge in [0.25, 0.3) is 0 Å². The molecule has 0 bridgehead atoms. The first-order chi connectivity index (χ1) is 9.24. The zero-order valence-electron chi connectivity index (χ0n) is 11.2. The molecule has 0 amide bonds. The van der Waals surface area contributed by atoms with E-state index >= 15 is 0 Å². The zero-order chi connectivity index (χ0) is 13.2. The van der Waals surface area contributed by atoms with Gasteiger partial charge in [-0.3, -0.25) is 0 Å². The Bertz CT molecular complexity index is 592. The first kappa shape index (κ1) is 12.1. The SMILES string of the molecule is Cc1cc(N)ccc1OC1CCCc2ccccc21. The van der Waals surface area contributed by atoms with Gasteiger partial charge in [-0.05, 0) is 61.1 Å². The summed E-state index contributed by atoms with van der Waals surface area (Å²) in [6.07, 6.45) is 3.61. The number of benzene rings is 2. The highest BCUT2D eigenvalue weighted by atomic mass is 16.5. The summed E-state index contributed by atoms with van der Waals surface area (Å²) >= 11 is 0. The van der Waals surface area contributed by atoms with Crippen molar-refractivity contribution >= 4 is 5.69 Å². The summed E-state index contributed by atoms with van der Waals surface area (Å²) in [5.41, 5.74) is 10.4. The van der Waals surface area contributed by atoms with Crippen molar-refractivity contribution in [2.75, 3.05) is 5.73 Å². The number of aryl methyl sites for hydroxylation is 2. The Morgan fingerprint density at radius 1 is 1.16 bits per heavy atom. The van der Waals surface area contributed by atoms with Crippen molar-refractivity contribution in [1.82, 2.24) is 0 Å². The number of ether oxygens (including phenoxy) is 1. The van der Waals surface area contributed by atoms with Crippen molar-refractivity contribution in [1.29, 1.82) is 0 Å². The summed E-state index contributed by atoms with van der Waals surface area (Å²) < 4.78 is 6.21. The molecule has 0 heterocycles. The minimum atomic E-state index is 0.173. The van der Waals surface area contributed by atoms with Gasteiger partial charge >= 0.3 is 0 Å². The number of rotatable bonds is 2. The molecule has 2 N–H and O–H groups in total. The van der Waals surface area contributed by atoms with Crippen LogP contribution in [0.5, 0.6) is 5.75 Å². The molecular formula is C17H19NO. The smallest absolute Gasteiger partial charge is 0.124 e. The fourth-order valence-electron chi connectivity index (χ4n) is 2.79. The normalized spacial score (nSPS) is 17.8. The highest BCUT2D eigenvalue weighted by molar-refractivity contribution is 5.47. The fraction of sp³-hybridized carbons (Fsp3) is 0.294. The van der Waals surface area contributed by atoms with Crippen LogP contribution in [-0.2, 0) is 6.42 Å². The van der Waals surface area contributed by atoms with Crippen LogP contribution in [0, 0.1) is 6.92 Å². The predicted molar refractivity (Wildman–Crippen MR) is 78.3 cm³/mol. The molecule has 1 aliphatic rings. The monoisotopic (exact) mass is 253 g/mol. The number of fused-ring (bicyclic) bond motifs is 1. The minimum Gasteiger partial charge on any atom is -0.485 e. The van der Waals surface area contributed by atoms with Gasteiger partial charge in [0.1, 0.15) is 11.9 Å². The summed E-state index contributed by atoms with van der Waals surface area (Å²) in [6.45, 7) is 2.04. The third kappa shape index (κ3) is 2.43. The lowest BCUT2D eigenvalue weighted by atomic mass is 9.89. The zero-order valence-corrected chi connectivity index (χ0v) is 11.2.